The van der Waals surface area contributed by atoms with Gasteiger partial charge in [-0.1, -0.05) is 177 Å². The molecule has 0 saturated heterocycles. The minimum absolute atomic E-state index is 0.205. The van der Waals surface area contributed by atoms with Gasteiger partial charge in [-0.2, -0.15) is 0 Å². The zero-order valence-electron chi connectivity index (χ0n) is 37.4. The summed E-state index contributed by atoms with van der Waals surface area (Å²) < 4.78 is 33.1. The predicted molar refractivity (Wildman–Crippen MR) is 250 cm³/mol. The van der Waals surface area contributed by atoms with Crippen LogP contribution in [0.15, 0.2) is 82.6 Å². The molecule has 0 spiro atoms. The van der Waals surface area contributed by atoms with Crippen LogP contribution in [-0.4, -0.2) is 0 Å². The highest BCUT2D eigenvalue weighted by molar-refractivity contribution is 7.99. The molecule has 6 rings (SSSR count). The zero-order chi connectivity index (χ0) is 41.4. The Morgan fingerprint density at radius 3 is 1.17 bits per heavy atom. The van der Waals surface area contributed by atoms with Crippen molar-refractivity contribution in [2.75, 3.05) is 0 Å². The van der Waals surface area contributed by atoms with E-state index in [1.807, 2.05) is 12.1 Å². The fourth-order valence-electron chi connectivity index (χ4n) is 10.5. The van der Waals surface area contributed by atoms with Crippen molar-refractivity contribution in [3.05, 3.63) is 129 Å². The number of rotatable bonds is 22. The maximum absolute atomic E-state index is 16.5. The monoisotopic (exact) mass is 819 g/mol. The number of halogens is 2. The summed E-state index contributed by atoms with van der Waals surface area (Å²) in [6.45, 7) is 8.77. The van der Waals surface area contributed by atoms with Gasteiger partial charge >= 0.3 is 0 Å². The van der Waals surface area contributed by atoms with E-state index in [0.29, 0.717) is 34.5 Å². The second-order valence-corrected chi connectivity index (χ2v) is 19.6. The molecule has 0 radical (unpaired) electrons. The van der Waals surface area contributed by atoms with Crippen molar-refractivity contribution in [1.82, 2.24) is 0 Å². The fraction of sp³-hybridized carbons (Fsp3) is 0.571. The average molecular weight is 819 g/mol. The summed E-state index contributed by atoms with van der Waals surface area (Å²) in [5, 5.41) is 0. The first-order chi connectivity index (χ1) is 28.9. The van der Waals surface area contributed by atoms with Crippen LogP contribution in [0.1, 0.15) is 212 Å². The summed E-state index contributed by atoms with van der Waals surface area (Å²) >= 11 is 1.24. The summed E-state index contributed by atoms with van der Waals surface area (Å²) in [5.41, 5.74) is 8.69. The van der Waals surface area contributed by atoms with Gasteiger partial charge < -0.3 is 0 Å². The van der Waals surface area contributed by atoms with Crippen LogP contribution >= 0.6 is 11.8 Å². The molecule has 2 aliphatic rings. The van der Waals surface area contributed by atoms with E-state index in [1.165, 1.54) is 151 Å². The van der Waals surface area contributed by atoms with Gasteiger partial charge in [0.05, 0.1) is 0 Å². The quantitative estimate of drug-likeness (QED) is 0.0712. The van der Waals surface area contributed by atoms with Gasteiger partial charge in [0.2, 0.25) is 0 Å². The van der Waals surface area contributed by atoms with Crippen molar-refractivity contribution >= 4 is 11.8 Å². The lowest BCUT2D eigenvalue weighted by Crippen LogP contribution is -2.13. The molecule has 2 aliphatic carbocycles. The van der Waals surface area contributed by atoms with E-state index < -0.39 is 0 Å². The van der Waals surface area contributed by atoms with E-state index in [-0.39, 0.29) is 11.6 Å². The molecule has 2 saturated carbocycles. The summed E-state index contributed by atoms with van der Waals surface area (Å²) in [7, 11) is 0. The third-order valence-corrected chi connectivity index (χ3v) is 15.5. The molecule has 4 aromatic rings. The molecular formula is C56H76F2S. The van der Waals surface area contributed by atoms with Crippen LogP contribution in [0.4, 0.5) is 8.78 Å². The highest BCUT2D eigenvalue weighted by Crippen LogP contribution is 2.41. The van der Waals surface area contributed by atoms with Gasteiger partial charge in [-0.3, -0.25) is 0 Å². The lowest BCUT2D eigenvalue weighted by Gasteiger charge is -2.29. The highest BCUT2D eigenvalue weighted by atomic mass is 32.2. The first kappa shape index (κ1) is 45.6. The first-order valence-corrected chi connectivity index (χ1v) is 25.2. The third kappa shape index (κ3) is 13.0. The Bertz CT molecular complexity index is 1690. The highest BCUT2D eigenvalue weighted by Gasteiger charge is 2.24. The normalized spacial score (nSPS) is 19.6. The molecule has 0 nitrogen and oxygen atoms in total. The number of hydrogen-bond donors (Lipinski definition) is 0. The third-order valence-electron chi connectivity index (χ3n) is 14.4. The maximum atomic E-state index is 16.5. The topological polar surface area (TPSA) is 0 Å². The molecule has 0 unspecified atom stereocenters. The molecule has 59 heavy (non-hydrogen) atoms. The van der Waals surface area contributed by atoms with Gasteiger partial charge in [-0.05, 0) is 145 Å². The molecule has 0 heterocycles. The van der Waals surface area contributed by atoms with E-state index >= 15 is 8.78 Å². The van der Waals surface area contributed by atoms with Crippen molar-refractivity contribution in [3.63, 3.8) is 0 Å². The van der Waals surface area contributed by atoms with Crippen molar-refractivity contribution in [2.45, 2.75) is 203 Å². The smallest absolute Gasteiger partial charge is 0.140 e. The molecule has 0 amide bonds. The minimum atomic E-state index is -0.205. The van der Waals surface area contributed by atoms with Crippen LogP contribution in [0.25, 0.3) is 0 Å². The van der Waals surface area contributed by atoms with Crippen LogP contribution in [0.3, 0.4) is 0 Å². The van der Waals surface area contributed by atoms with E-state index in [4.69, 9.17) is 0 Å². The number of unbranched alkanes of at least 4 members (excludes halogenated alkanes) is 8. The predicted octanol–water partition coefficient (Wildman–Crippen LogP) is 17.7. The lowest BCUT2D eigenvalue weighted by molar-refractivity contribution is 0.302. The molecule has 0 bridgehead atoms. The average Bonchev–Trinajstić information content (AvgIpc) is 3.27. The molecule has 4 aromatic carbocycles. The van der Waals surface area contributed by atoms with E-state index in [2.05, 4.69) is 88.4 Å². The van der Waals surface area contributed by atoms with Crippen molar-refractivity contribution in [2.24, 2.45) is 11.8 Å². The van der Waals surface area contributed by atoms with Crippen LogP contribution < -0.4 is 0 Å². The molecule has 2 fully saturated rings. The summed E-state index contributed by atoms with van der Waals surface area (Å²) in [4.78, 5) is 1.00. The Labute approximate surface area is 363 Å². The number of aryl methyl sites for hydroxylation is 2. The van der Waals surface area contributed by atoms with E-state index in [9.17, 15) is 0 Å². The minimum Gasteiger partial charge on any atom is -0.205 e. The Morgan fingerprint density at radius 2 is 0.814 bits per heavy atom. The van der Waals surface area contributed by atoms with Crippen molar-refractivity contribution < 1.29 is 8.78 Å². The van der Waals surface area contributed by atoms with Crippen molar-refractivity contribution in [3.8, 4) is 0 Å². The molecule has 0 aromatic heterocycles. The summed E-state index contributed by atoms with van der Waals surface area (Å²) in [6, 6.07) is 25.9. The fourth-order valence-corrected chi connectivity index (χ4v) is 11.4. The summed E-state index contributed by atoms with van der Waals surface area (Å²) in [6.07, 6.45) is 29.8. The Kier molecular flexibility index (Phi) is 18.5. The van der Waals surface area contributed by atoms with Crippen LogP contribution in [0.5, 0.6) is 0 Å². The Balaban J connectivity index is 1.06. The molecule has 0 N–H and O–H groups in total. The molecule has 0 atom stereocenters. The SMILES string of the molecule is CCCCCCCC1CCC(c2ccc(Cc3c(CC)ccc(Sc4ccc(CC)c(Cc5ccc(C6CCC(CCCCCCC)CC6)cc5)c4F)c3F)cc2)CC1. The van der Waals surface area contributed by atoms with Gasteiger partial charge in [0.15, 0.2) is 0 Å². The Morgan fingerprint density at radius 1 is 0.441 bits per heavy atom. The van der Waals surface area contributed by atoms with E-state index in [1.54, 1.807) is 0 Å². The van der Waals surface area contributed by atoms with Gasteiger partial charge in [0.1, 0.15) is 11.6 Å². The lowest BCUT2D eigenvalue weighted by atomic mass is 9.77. The van der Waals surface area contributed by atoms with Gasteiger partial charge in [0, 0.05) is 22.6 Å². The first-order valence-electron chi connectivity index (χ1n) is 24.4. The second kappa shape index (κ2) is 23.9. The molecule has 3 heteroatoms. The maximum Gasteiger partial charge on any atom is 0.140 e. The second-order valence-electron chi connectivity index (χ2n) is 18.5. The van der Waals surface area contributed by atoms with Gasteiger partial charge in [-0.15, -0.1) is 0 Å². The van der Waals surface area contributed by atoms with Crippen molar-refractivity contribution in [1.29, 1.82) is 0 Å². The number of hydrogen-bond acceptors (Lipinski definition) is 1. The van der Waals surface area contributed by atoms with Gasteiger partial charge in [0.25, 0.3) is 0 Å². The van der Waals surface area contributed by atoms with E-state index in [0.717, 1.165) is 58.1 Å². The Hall–Kier alpha value is -2.91. The van der Waals surface area contributed by atoms with Crippen LogP contribution in [0, 0.1) is 23.5 Å². The number of benzene rings is 4. The molecule has 0 aliphatic heterocycles. The van der Waals surface area contributed by atoms with Gasteiger partial charge in [-0.25, -0.2) is 8.78 Å². The largest absolute Gasteiger partial charge is 0.205 e. The summed E-state index contributed by atoms with van der Waals surface area (Å²) in [5.74, 6) is 2.69. The molecular weight excluding hydrogens is 743 g/mol. The van der Waals surface area contributed by atoms with Crippen LogP contribution in [-0.2, 0) is 25.7 Å². The molecule has 320 valence electrons. The standard InChI is InChI=1S/C56H76F2S/c1-5-9-11-13-15-17-41-19-27-47(28-20-41)49-31-23-43(24-32-49)39-51-45(7-3)35-37-53(55(51)57)59-54-38-36-46(8-4)52(56(54)58)40-44-25-33-50(34-26-44)48-29-21-42(22-30-48)18-16-14-12-10-6-2/h23-26,31-38,41-42,47-48H,5-22,27-30,39-40H2,1-4H3. The zero-order valence-corrected chi connectivity index (χ0v) is 38.2. The van der Waals surface area contributed by atoms with Crippen LogP contribution in [0.2, 0.25) is 0 Å².